The quantitative estimate of drug-likeness (QED) is 0.155. The van der Waals surface area contributed by atoms with Crippen molar-refractivity contribution in [3.05, 3.63) is 158 Å². The minimum Gasteiger partial charge on any atom is -0.454 e. The third kappa shape index (κ3) is 4.45. The van der Waals surface area contributed by atoms with Crippen molar-refractivity contribution in [2.75, 3.05) is 0 Å². The summed E-state index contributed by atoms with van der Waals surface area (Å²) in [7, 11) is 0. The van der Waals surface area contributed by atoms with Gasteiger partial charge in [-0.05, 0) is 73.8 Å². The molecule has 0 unspecified atom stereocenters. The van der Waals surface area contributed by atoms with Crippen LogP contribution < -0.4 is 0 Å². The highest BCUT2D eigenvalue weighted by Crippen LogP contribution is 2.36. The number of para-hydroxylation sites is 1. The topological polar surface area (TPSA) is 38.9 Å². The molecule has 3 heteroatoms. The molecule has 0 aliphatic carbocycles. The first-order valence-electron chi connectivity index (χ1n) is 15.2. The fourth-order valence-electron chi connectivity index (χ4n) is 6.40. The lowest BCUT2D eigenvalue weighted by atomic mass is 9.93. The molecule has 3 nitrogen and oxygen atoms in total. The molecule has 0 atom stereocenters. The molecule has 0 spiro atoms. The summed E-state index contributed by atoms with van der Waals surface area (Å²) in [6, 6.07) is 55.2. The van der Waals surface area contributed by atoms with Crippen LogP contribution in [-0.2, 0) is 0 Å². The van der Waals surface area contributed by atoms with Gasteiger partial charge in [-0.3, -0.25) is 0 Å². The molecule has 0 N–H and O–H groups in total. The van der Waals surface area contributed by atoms with Crippen LogP contribution >= 0.6 is 0 Å². The molecule has 0 radical (unpaired) electrons. The zero-order valence-electron chi connectivity index (χ0n) is 24.3. The second-order valence-electron chi connectivity index (χ2n) is 11.4. The maximum atomic E-state index is 6.22. The summed E-state index contributed by atoms with van der Waals surface area (Å²) in [5.41, 5.74) is 6.81. The highest BCUT2D eigenvalue weighted by molar-refractivity contribution is 6.15. The summed E-state index contributed by atoms with van der Waals surface area (Å²) in [5.74, 6) is 1.39. The van der Waals surface area contributed by atoms with E-state index in [0.29, 0.717) is 5.82 Å². The van der Waals surface area contributed by atoms with Crippen molar-refractivity contribution in [1.29, 1.82) is 0 Å². The van der Waals surface area contributed by atoms with Crippen LogP contribution in [0.5, 0.6) is 0 Å². The molecular weight excluding hydrogens is 548 g/mol. The predicted octanol–water partition coefficient (Wildman–Crippen LogP) is 11.4. The smallest absolute Gasteiger partial charge is 0.160 e. The second-order valence-corrected chi connectivity index (χ2v) is 11.4. The van der Waals surface area contributed by atoms with E-state index < -0.39 is 0 Å². The number of hydrogen-bond donors (Lipinski definition) is 0. The summed E-state index contributed by atoms with van der Waals surface area (Å²) < 4.78 is 6.22. The minimum atomic E-state index is 0.668. The Morgan fingerprint density at radius 1 is 0.378 bits per heavy atom. The first-order chi connectivity index (χ1) is 22.3. The molecule has 210 valence electrons. The number of rotatable bonds is 4. The number of aromatic nitrogens is 2. The molecule has 0 saturated heterocycles. The molecule has 2 heterocycles. The van der Waals surface area contributed by atoms with Gasteiger partial charge >= 0.3 is 0 Å². The Kier molecular flexibility index (Phi) is 5.82. The number of hydrogen-bond acceptors (Lipinski definition) is 3. The molecule has 0 bridgehead atoms. The molecule has 0 saturated carbocycles. The van der Waals surface area contributed by atoms with Gasteiger partial charge in [0.1, 0.15) is 11.3 Å². The maximum absolute atomic E-state index is 6.22. The van der Waals surface area contributed by atoms with Gasteiger partial charge in [0.15, 0.2) is 11.6 Å². The van der Waals surface area contributed by atoms with E-state index in [1.54, 1.807) is 0 Å². The highest BCUT2D eigenvalue weighted by atomic mass is 16.3. The van der Waals surface area contributed by atoms with Gasteiger partial charge in [0.25, 0.3) is 0 Å². The molecule has 0 aliphatic rings. The van der Waals surface area contributed by atoms with Crippen molar-refractivity contribution in [3.63, 3.8) is 0 Å². The number of furan rings is 1. The Morgan fingerprint density at radius 2 is 1.09 bits per heavy atom. The molecule has 9 rings (SSSR count). The van der Waals surface area contributed by atoms with Crippen molar-refractivity contribution in [2.24, 2.45) is 0 Å². The van der Waals surface area contributed by atoms with Crippen LogP contribution in [0.3, 0.4) is 0 Å². The van der Waals surface area contributed by atoms with E-state index in [4.69, 9.17) is 14.4 Å². The van der Waals surface area contributed by atoms with Crippen LogP contribution in [0.25, 0.3) is 88.5 Å². The Balaban J connectivity index is 1.15. The third-order valence-electron chi connectivity index (χ3n) is 8.67. The fourth-order valence-corrected chi connectivity index (χ4v) is 6.40. The number of benzene rings is 7. The van der Waals surface area contributed by atoms with E-state index in [9.17, 15) is 0 Å². The lowest BCUT2D eigenvalue weighted by Gasteiger charge is -2.12. The van der Waals surface area contributed by atoms with Crippen molar-refractivity contribution in [2.45, 2.75) is 0 Å². The lowest BCUT2D eigenvalue weighted by molar-refractivity contribution is 0.628. The summed E-state index contributed by atoms with van der Waals surface area (Å²) >= 11 is 0. The summed E-state index contributed by atoms with van der Waals surface area (Å²) in [4.78, 5) is 9.94. The molecule has 0 aliphatic heterocycles. The second kappa shape index (κ2) is 10.3. The van der Waals surface area contributed by atoms with Crippen molar-refractivity contribution in [3.8, 4) is 45.2 Å². The Morgan fingerprint density at radius 3 is 1.91 bits per heavy atom. The average Bonchev–Trinajstić information content (AvgIpc) is 3.55. The third-order valence-corrected chi connectivity index (χ3v) is 8.67. The Bertz CT molecular complexity index is 2500. The molecule has 0 fully saturated rings. The average molecular weight is 575 g/mol. The van der Waals surface area contributed by atoms with Crippen LogP contribution in [0, 0.1) is 0 Å². The van der Waals surface area contributed by atoms with Gasteiger partial charge in [0.2, 0.25) is 0 Å². The maximum Gasteiger partial charge on any atom is 0.160 e. The number of fused-ring (bicyclic) bond motifs is 5. The van der Waals surface area contributed by atoms with Crippen molar-refractivity contribution >= 4 is 43.3 Å². The van der Waals surface area contributed by atoms with Crippen LogP contribution in [0.2, 0.25) is 0 Å². The van der Waals surface area contributed by atoms with Gasteiger partial charge in [-0.25, -0.2) is 9.97 Å². The Labute approximate surface area is 260 Å². The van der Waals surface area contributed by atoms with E-state index >= 15 is 0 Å². The van der Waals surface area contributed by atoms with Crippen LogP contribution in [0.1, 0.15) is 0 Å². The van der Waals surface area contributed by atoms with Crippen molar-refractivity contribution < 1.29 is 4.42 Å². The van der Waals surface area contributed by atoms with E-state index in [0.717, 1.165) is 39.2 Å². The van der Waals surface area contributed by atoms with Crippen LogP contribution in [0.15, 0.2) is 162 Å². The monoisotopic (exact) mass is 574 g/mol. The van der Waals surface area contributed by atoms with E-state index in [-0.39, 0.29) is 0 Å². The van der Waals surface area contributed by atoms with Gasteiger partial charge in [-0.1, -0.05) is 127 Å². The molecule has 45 heavy (non-hydrogen) atoms. The normalized spacial score (nSPS) is 11.6. The lowest BCUT2D eigenvalue weighted by Crippen LogP contribution is -1.95. The Hall–Kier alpha value is -6.06. The van der Waals surface area contributed by atoms with Gasteiger partial charge in [-0.2, -0.15) is 0 Å². The zero-order valence-corrected chi connectivity index (χ0v) is 24.3. The molecule has 0 amide bonds. The van der Waals surface area contributed by atoms with Gasteiger partial charge < -0.3 is 4.42 Å². The van der Waals surface area contributed by atoms with E-state index in [1.165, 1.54) is 43.4 Å². The molecule has 2 aromatic heterocycles. The van der Waals surface area contributed by atoms with E-state index in [1.807, 2.05) is 60.7 Å². The SMILES string of the molecule is c1ccc(-c2nc(-c3ccc(-c4cccc5c4ccc4cc6ccccc6cc45)cc3)cc(-c3cc4ccccc4o3)n2)cc1. The molecular formula is C42H26N2O. The minimum absolute atomic E-state index is 0.668. The fraction of sp³-hybridized carbons (Fsp3) is 0. The summed E-state index contributed by atoms with van der Waals surface area (Å²) in [5, 5.41) is 8.61. The van der Waals surface area contributed by atoms with Gasteiger partial charge in [0.05, 0.1) is 5.69 Å². The van der Waals surface area contributed by atoms with Crippen LogP contribution in [0.4, 0.5) is 0 Å². The highest BCUT2D eigenvalue weighted by Gasteiger charge is 2.15. The zero-order chi connectivity index (χ0) is 29.7. The van der Waals surface area contributed by atoms with Crippen molar-refractivity contribution in [1.82, 2.24) is 9.97 Å². The summed E-state index contributed by atoms with van der Waals surface area (Å²) in [6.07, 6.45) is 0. The van der Waals surface area contributed by atoms with Gasteiger partial charge in [-0.15, -0.1) is 0 Å². The number of nitrogens with zero attached hydrogens (tertiary/aromatic N) is 2. The first kappa shape index (κ1) is 25.4. The largest absolute Gasteiger partial charge is 0.454 e. The standard InChI is InChI=1S/C42H26N2O/c1-2-9-29(10-3-1)42-43-38(26-39(44-42)41-25-33-13-6-7-16-40(33)45-41)28-19-17-27(18-20-28)34-14-8-15-35-36(34)22-21-32-23-30-11-4-5-12-31(30)24-37(32)35/h1-26H. The van der Waals surface area contributed by atoms with Crippen LogP contribution in [-0.4, -0.2) is 9.97 Å². The molecule has 7 aromatic carbocycles. The first-order valence-corrected chi connectivity index (χ1v) is 15.2. The van der Waals surface area contributed by atoms with E-state index in [2.05, 4.69) is 97.1 Å². The molecule has 9 aromatic rings. The summed E-state index contributed by atoms with van der Waals surface area (Å²) in [6.45, 7) is 0. The van der Waals surface area contributed by atoms with Gasteiger partial charge in [0, 0.05) is 16.5 Å². The predicted molar refractivity (Wildman–Crippen MR) is 186 cm³/mol.